The maximum absolute atomic E-state index is 15.0. The minimum Gasteiger partial charge on any atom is -0.444 e. The Bertz CT molecular complexity index is 1800. The first-order valence-electron chi connectivity index (χ1n) is 14.8. The van der Waals surface area contributed by atoms with E-state index < -0.39 is 23.2 Å². The average Bonchev–Trinajstić information content (AvgIpc) is 2.93. The Morgan fingerprint density at radius 2 is 1.80 bits per heavy atom. The van der Waals surface area contributed by atoms with Crippen molar-refractivity contribution in [1.82, 2.24) is 24.4 Å². The number of hydrogen-bond donors (Lipinski definition) is 0. The second kappa shape index (κ2) is 11.8. The van der Waals surface area contributed by atoms with Gasteiger partial charge in [-0.1, -0.05) is 37.6 Å². The predicted molar refractivity (Wildman–Crippen MR) is 171 cm³/mol. The molecule has 5 rings (SSSR count). The van der Waals surface area contributed by atoms with Gasteiger partial charge in [0.15, 0.2) is 5.65 Å². The largest absolute Gasteiger partial charge is 0.444 e. The molecule has 2 atom stereocenters. The first kappa shape index (κ1) is 31.4. The van der Waals surface area contributed by atoms with E-state index in [0.29, 0.717) is 35.7 Å². The lowest BCUT2D eigenvalue weighted by Gasteiger charge is -2.44. The van der Waals surface area contributed by atoms with Crippen molar-refractivity contribution >= 4 is 34.5 Å². The summed E-state index contributed by atoms with van der Waals surface area (Å²) in [6.45, 7) is 16.1. The molecule has 0 radical (unpaired) electrons. The molecule has 0 aliphatic carbocycles. The molecule has 1 aliphatic rings. The molecule has 1 amide bonds. The van der Waals surface area contributed by atoms with Crippen LogP contribution in [-0.2, 0) is 4.74 Å². The predicted octanol–water partition coefficient (Wildman–Crippen LogP) is 6.90. The number of anilines is 1. The van der Waals surface area contributed by atoms with Crippen LogP contribution in [0.5, 0.6) is 0 Å². The molecule has 11 heteroatoms. The van der Waals surface area contributed by atoms with Gasteiger partial charge in [-0.05, 0) is 77.3 Å². The number of ether oxygens (including phenoxy) is 1. The van der Waals surface area contributed by atoms with Crippen LogP contribution in [0.1, 0.15) is 65.6 Å². The summed E-state index contributed by atoms with van der Waals surface area (Å²) in [6, 6.07) is 9.32. The van der Waals surface area contributed by atoms with E-state index in [1.54, 1.807) is 35.4 Å². The van der Waals surface area contributed by atoms with Crippen LogP contribution >= 0.6 is 11.6 Å². The van der Waals surface area contributed by atoms with Gasteiger partial charge in [0.05, 0.1) is 27.5 Å². The second-order valence-corrected chi connectivity index (χ2v) is 13.1. The molecule has 1 aliphatic heterocycles. The smallest absolute Gasteiger partial charge is 0.410 e. The Morgan fingerprint density at radius 3 is 2.45 bits per heavy atom. The summed E-state index contributed by atoms with van der Waals surface area (Å²) >= 11 is 6.82. The normalized spacial score (nSPS) is 17.4. The third-order valence-corrected chi connectivity index (χ3v) is 8.03. The van der Waals surface area contributed by atoms with Gasteiger partial charge in [0.2, 0.25) is 0 Å². The summed E-state index contributed by atoms with van der Waals surface area (Å²) in [7, 11) is 0. The number of nitrogens with zero attached hydrogens (tertiary/aromatic N) is 6. The van der Waals surface area contributed by atoms with Gasteiger partial charge in [-0.2, -0.15) is 4.98 Å². The Morgan fingerprint density at radius 1 is 1.09 bits per heavy atom. The van der Waals surface area contributed by atoms with Crippen LogP contribution < -0.4 is 10.6 Å². The lowest BCUT2D eigenvalue weighted by molar-refractivity contribution is 0.0130. The molecule has 0 bridgehead atoms. The van der Waals surface area contributed by atoms with Gasteiger partial charge in [0.25, 0.3) is 0 Å². The van der Waals surface area contributed by atoms with Crippen LogP contribution in [0.15, 0.2) is 47.4 Å². The van der Waals surface area contributed by atoms with Crippen molar-refractivity contribution in [3.8, 4) is 16.9 Å². The first-order chi connectivity index (χ1) is 20.7. The summed E-state index contributed by atoms with van der Waals surface area (Å²) in [5, 5.41) is 0.744. The number of fused-ring (bicyclic) bond motifs is 1. The molecule has 3 aromatic heterocycles. The van der Waals surface area contributed by atoms with Gasteiger partial charge in [0.1, 0.15) is 17.2 Å². The van der Waals surface area contributed by atoms with Crippen LogP contribution in [0.4, 0.5) is 15.0 Å². The van der Waals surface area contributed by atoms with E-state index in [0.717, 1.165) is 5.56 Å². The Hall–Kier alpha value is -4.05. The number of piperazine rings is 1. The van der Waals surface area contributed by atoms with E-state index in [2.05, 4.69) is 9.97 Å². The van der Waals surface area contributed by atoms with Gasteiger partial charge in [-0.25, -0.2) is 23.5 Å². The van der Waals surface area contributed by atoms with Crippen molar-refractivity contribution in [3.05, 3.63) is 75.2 Å². The standard InChI is InChI=1S/C33H38ClFN6O3/c1-18(2)26-28(19(3)13-14-36-26)41-30-23(15-24(34)27(37-30)22-11-9-10-12-25(22)35)29(38-31(41)42)39-16-21(5)40(17-20(39)4)32(43)44-33(6,7)8/h9-15,18,20-21H,16-17H2,1-8H3/t20-,21+/m0/s1. The van der Waals surface area contributed by atoms with E-state index in [9.17, 15) is 9.59 Å². The van der Waals surface area contributed by atoms with Crippen molar-refractivity contribution in [3.63, 3.8) is 0 Å². The van der Waals surface area contributed by atoms with E-state index >= 15 is 4.39 Å². The number of carbonyl (C=O) groups is 1. The molecule has 232 valence electrons. The van der Waals surface area contributed by atoms with Crippen molar-refractivity contribution in [2.75, 3.05) is 18.0 Å². The maximum atomic E-state index is 15.0. The molecule has 1 aromatic carbocycles. The topological polar surface area (TPSA) is 93.5 Å². The monoisotopic (exact) mass is 620 g/mol. The summed E-state index contributed by atoms with van der Waals surface area (Å²) < 4.78 is 22.1. The molecule has 1 fully saturated rings. The second-order valence-electron chi connectivity index (χ2n) is 12.7. The van der Waals surface area contributed by atoms with Crippen molar-refractivity contribution in [2.24, 2.45) is 0 Å². The van der Waals surface area contributed by atoms with E-state index in [-0.39, 0.29) is 39.9 Å². The number of pyridine rings is 2. The fourth-order valence-electron chi connectivity index (χ4n) is 5.65. The number of benzene rings is 1. The van der Waals surface area contributed by atoms with Crippen LogP contribution in [-0.4, -0.2) is 61.3 Å². The summed E-state index contributed by atoms with van der Waals surface area (Å²) in [5.41, 5.74) is 1.66. The number of rotatable bonds is 4. The highest BCUT2D eigenvalue weighted by atomic mass is 35.5. The van der Waals surface area contributed by atoms with Gasteiger partial charge in [0, 0.05) is 36.9 Å². The number of aryl methyl sites for hydroxylation is 1. The number of amides is 1. The molecule has 0 saturated carbocycles. The summed E-state index contributed by atoms with van der Waals surface area (Å²) in [6.07, 6.45) is 1.32. The highest BCUT2D eigenvalue weighted by Gasteiger charge is 2.36. The molecule has 9 nitrogen and oxygen atoms in total. The number of hydrogen-bond acceptors (Lipinski definition) is 7. The Kier molecular flexibility index (Phi) is 8.41. The molecular formula is C33H38ClFN6O3. The highest BCUT2D eigenvalue weighted by molar-refractivity contribution is 6.33. The van der Waals surface area contributed by atoms with E-state index in [1.807, 2.05) is 66.4 Å². The molecule has 4 aromatic rings. The maximum Gasteiger partial charge on any atom is 0.410 e. The van der Waals surface area contributed by atoms with Crippen molar-refractivity contribution in [1.29, 1.82) is 0 Å². The fourth-order valence-corrected chi connectivity index (χ4v) is 5.90. The lowest BCUT2D eigenvalue weighted by Crippen LogP contribution is -2.59. The van der Waals surface area contributed by atoms with Crippen molar-refractivity contribution in [2.45, 2.75) is 79.0 Å². The van der Waals surface area contributed by atoms with E-state index in [4.69, 9.17) is 21.3 Å². The zero-order valence-electron chi connectivity index (χ0n) is 26.4. The zero-order chi connectivity index (χ0) is 32.1. The van der Waals surface area contributed by atoms with Crippen LogP contribution in [0, 0.1) is 12.7 Å². The molecule has 0 spiro atoms. The third kappa shape index (κ3) is 5.87. The molecule has 44 heavy (non-hydrogen) atoms. The van der Waals surface area contributed by atoms with Crippen molar-refractivity contribution < 1.29 is 13.9 Å². The molecular weight excluding hydrogens is 583 g/mol. The summed E-state index contributed by atoms with van der Waals surface area (Å²) in [4.78, 5) is 44.9. The van der Waals surface area contributed by atoms with Gasteiger partial charge >= 0.3 is 11.8 Å². The molecule has 1 saturated heterocycles. The third-order valence-electron chi connectivity index (χ3n) is 7.74. The van der Waals surface area contributed by atoms with Crippen LogP contribution in [0.3, 0.4) is 0 Å². The quantitative estimate of drug-likeness (QED) is 0.245. The lowest BCUT2D eigenvalue weighted by atomic mass is 10.0. The number of halogens is 2. The van der Waals surface area contributed by atoms with Gasteiger partial charge in [-0.15, -0.1) is 0 Å². The van der Waals surface area contributed by atoms with Crippen LogP contribution in [0.25, 0.3) is 28.0 Å². The van der Waals surface area contributed by atoms with Gasteiger partial charge < -0.3 is 14.5 Å². The summed E-state index contributed by atoms with van der Waals surface area (Å²) in [5.74, 6) is -0.0937. The van der Waals surface area contributed by atoms with Crippen LogP contribution in [0.2, 0.25) is 5.02 Å². The minimum atomic E-state index is -0.628. The first-order valence-corrected chi connectivity index (χ1v) is 15.2. The fraction of sp³-hybridized carbons (Fsp3) is 0.424. The SMILES string of the molecule is Cc1ccnc(C(C)C)c1-n1c(=O)nc(N2C[C@@H](C)N(C(=O)OC(C)(C)C)C[C@@H]2C)c2cc(Cl)c(-c3ccccc3F)nc21. The Labute approximate surface area is 261 Å². The van der Waals surface area contributed by atoms with E-state index in [1.165, 1.54) is 10.6 Å². The molecule has 0 unspecified atom stereocenters. The molecule has 4 heterocycles. The highest BCUT2D eigenvalue weighted by Crippen LogP contribution is 2.36. The van der Waals surface area contributed by atoms with Gasteiger partial charge in [-0.3, -0.25) is 4.98 Å². The average molecular weight is 621 g/mol. The minimum absolute atomic E-state index is 0.00771. The Balaban J connectivity index is 1.74. The number of aromatic nitrogens is 4. The number of carbonyl (C=O) groups excluding carboxylic acids is 1. The molecule has 0 N–H and O–H groups in total. The zero-order valence-corrected chi connectivity index (χ0v) is 27.1.